The Hall–Kier alpha value is -5.28. The van der Waals surface area contributed by atoms with Crippen LogP contribution < -0.4 is 15.1 Å². The topological polar surface area (TPSA) is 93.3 Å². The maximum Gasteiger partial charge on any atom is 0.331 e. The molecule has 2 heterocycles. The molecule has 0 spiro atoms. The Morgan fingerprint density at radius 1 is 0.771 bits per heavy atom. The maximum absolute atomic E-state index is 14.0. The number of hydrogen-bond acceptors (Lipinski definition) is 5. The van der Waals surface area contributed by atoms with Crippen molar-refractivity contribution in [3.63, 3.8) is 0 Å². The minimum Gasteiger partial charge on any atom is -0.322 e. The zero-order valence-corrected chi connectivity index (χ0v) is 28.1. The smallest absolute Gasteiger partial charge is 0.322 e. The SMILES string of the molecule is Cc1cc(C)c(-c2ccccc2C(=O)Nc2ccc(C(=O)N3CC(C)C(=O)N(C(=O)N4CCN(C)CC4)c4ccccc43)cc2)c(C)c1. The molecule has 9 heteroatoms. The van der Waals surface area contributed by atoms with E-state index >= 15 is 0 Å². The summed E-state index contributed by atoms with van der Waals surface area (Å²) >= 11 is 0. The van der Waals surface area contributed by atoms with Crippen LogP contribution in [0.15, 0.2) is 84.9 Å². The molecule has 0 saturated carbocycles. The van der Waals surface area contributed by atoms with Crippen molar-refractivity contribution >= 4 is 40.8 Å². The van der Waals surface area contributed by atoms with E-state index in [1.54, 1.807) is 65.3 Å². The van der Waals surface area contributed by atoms with Crippen LogP contribution in [0.1, 0.15) is 44.3 Å². The number of hydrogen-bond donors (Lipinski definition) is 1. The van der Waals surface area contributed by atoms with Gasteiger partial charge < -0.3 is 20.0 Å². The molecule has 2 aliphatic rings. The molecule has 48 heavy (non-hydrogen) atoms. The summed E-state index contributed by atoms with van der Waals surface area (Å²) in [5, 5.41) is 2.99. The first-order valence-electron chi connectivity index (χ1n) is 16.3. The number of carbonyl (C=O) groups is 4. The lowest BCUT2D eigenvalue weighted by molar-refractivity contribution is -0.120. The van der Waals surface area contributed by atoms with E-state index in [-0.39, 0.29) is 30.3 Å². The molecular weight excluding hydrogens is 602 g/mol. The summed E-state index contributed by atoms with van der Waals surface area (Å²) in [6.07, 6.45) is 0. The number of nitrogens with zero attached hydrogens (tertiary/aromatic N) is 4. The van der Waals surface area contributed by atoms with Crippen molar-refractivity contribution in [2.75, 3.05) is 54.9 Å². The Balaban J connectivity index is 1.24. The van der Waals surface area contributed by atoms with Gasteiger partial charge in [0.15, 0.2) is 0 Å². The lowest BCUT2D eigenvalue weighted by Crippen LogP contribution is -2.54. The minimum atomic E-state index is -0.614. The molecule has 1 atom stereocenters. The summed E-state index contributed by atoms with van der Waals surface area (Å²) in [4.78, 5) is 61.7. The third-order valence-electron chi connectivity index (χ3n) is 9.23. The number of urea groups is 1. The Kier molecular flexibility index (Phi) is 9.15. The van der Waals surface area contributed by atoms with Gasteiger partial charge in [-0.1, -0.05) is 55.0 Å². The Morgan fingerprint density at radius 2 is 1.38 bits per heavy atom. The first-order chi connectivity index (χ1) is 23.0. The second-order valence-corrected chi connectivity index (χ2v) is 12.9. The van der Waals surface area contributed by atoms with Crippen LogP contribution in [0.5, 0.6) is 0 Å². The van der Waals surface area contributed by atoms with E-state index < -0.39 is 5.92 Å². The van der Waals surface area contributed by atoms with E-state index in [0.29, 0.717) is 41.3 Å². The number of imide groups is 1. The number of rotatable bonds is 4. The van der Waals surface area contributed by atoms with Gasteiger partial charge in [0.2, 0.25) is 5.91 Å². The van der Waals surface area contributed by atoms with Crippen molar-refractivity contribution in [3.05, 3.63) is 113 Å². The van der Waals surface area contributed by atoms with Crippen LogP contribution in [-0.4, -0.2) is 73.3 Å². The Morgan fingerprint density at radius 3 is 2.04 bits per heavy atom. The van der Waals surface area contributed by atoms with Crippen LogP contribution in [0, 0.1) is 26.7 Å². The average Bonchev–Trinajstić information content (AvgIpc) is 3.18. The van der Waals surface area contributed by atoms with Gasteiger partial charge in [-0.15, -0.1) is 0 Å². The van der Waals surface area contributed by atoms with Gasteiger partial charge in [-0.25, -0.2) is 9.69 Å². The van der Waals surface area contributed by atoms with Gasteiger partial charge in [0.25, 0.3) is 11.8 Å². The number of piperazine rings is 1. The van der Waals surface area contributed by atoms with Gasteiger partial charge in [0, 0.05) is 49.5 Å². The van der Waals surface area contributed by atoms with Crippen LogP contribution in [0.3, 0.4) is 0 Å². The Bertz CT molecular complexity index is 1870. The van der Waals surface area contributed by atoms with Crippen molar-refractivity contribution in [2.24, 2.45) is 5.92 Å². The number of aryl methyl sites for hydroxylation is 3. The molecule has 1 saturated heterocycles. The number of likely N-dealkylation sites (N-methyl/N-ethyl adjacent to an activating group) is 1. The zero-order valence-electron chi connectivity index (χ0n) is 28.1. The van der Waals surface area contributed by atoms with Crippen molar-refractivity contribution < 1.29 is 19.2 Å². The molecule has 0 radical (unpaired) electrons. The normalized spacial score (nSPS) is 16.7. The van der Waals surface area contributed by atoms with E-state index in [0.717, 1.165) is 35.3 Å². The third-order valence-corrected chi connectivity index (χ3v) is 9.23. The van der Waals surface area contributed by atoms with Crippen molar-refractivity contribution in [2.45, 2.75) is 27.7 Å². The quantitative estimate of drug-likeness (QED) is 0.273. The molecule has 1 unspecified atom stereocenters. The van der Waals surface area contributed by atoms with Gasteiger partial charge in [-0.05, 0) is 92.5 Å². The monoisotopic (exact) mass is 643 g/mol. The third kappa shape index (κ3) is 6.33. The molecule has 4 aromatic carbocycles. The summed E-state index contributed by atoms with van der Waals surface area (Å²) < 4.78 is 0. The number of amides is 5. The van der Waals surface area contributed by atoms with Crippen LogP contribution in [0.25, 0.3) is 11.1 Å². The summed E-state index contributed by atoms with van der Waals surface area (Å²) in [5.74, 6) is -1.50. The predicted molar refractivity (Wildman–Crippen MR) is 190 cm³/mol. The van der Waals surface area contributed by atoms with E-state index in [4.69, 9.17) is 0 Å². The van der Waals surface area contributed by atoms with Crippen molar-refractivity contribution in [1.29, 1.82) is 0 Å². The molecule has 0 aromatic heterocycles. The van der Waals surface area contributed by atoms with E-state index in [9.17, 15) is 19.2 Å². The van der Waals surface area contributed by atoms with Gasteiger partial charge >= 0.3 is 6.03 Å². The predicted octanol–water partition coefficient (Wildman–Crippen LogP) is 6.53. The molecule has 2 aliphatic heterocycles. The average molecular weight is 644 g/mol. The lowest BCUT2D eigenvalue weighted by Gasteiger charge is -2.35. The van der Waals surface area contributed by atoms with Gasteiger partial charge in [0.05, 0.1) is 17.3 Å². The van der Waals surface area contributed by atoms with Gasteiger partial charge in [0.1, 0.15) is 0 Å². The fraction of sp³-hybridized carbons (Fsp3) is 0.282. The van der Waals surface area contributed by atoms with E-state index in [1.807, 2.05) is 31.3 Å². The van der Waals surface area contributed by atoms with Crippen LogP contribution >= 0.6 is 0 Å². The zero-order chi connectivity index (χ0) is 34.1. The number of nitrogens with one attached hydrogen (secondary N) is 1. The molecule has 0 aliphatic carbocycles. The van der Waals surface area contributed by atoms with E-state index in [2.05, 4.69) is 43.1 Å². The summed E-state index contributed by atoms with van der Waals surface area (Å²) in [5.41, 5.74) is 7.68. The van der Waals surface area contributed by atoms with Crippen molar-refractivity contribution in [1.82, 2.24) is 9.80 Å². The molecule has 246 valence electrons. The molecule has 6 rings (SSSR count). The van der Waals surface area contributed by atoms with Gasteiger partial charge in [-0.3, -0.25) is 14.4 Å². The number of para-hydroxylation sites is 2. The van der Waals surface area contributed by atoms with E-state index in [1.165, 1.54) is 10.5 Å². The highest BCUT2D eigenvalue weighted by Crippen LogP contribution is 2.36. The van der Waals surface area contributed by atoms with Gasteiger partial charge in [-0.2, -0.15) is 0 Å². The van der Waals surface area contributed by atoms with Crippen molar-refractivity contribution in [3.8, 4) is 11.1 Å². The first kappa shape index (κ1) is 32.7. The number of carbonyl (C=O) groups excluding carboxylic acids is 4. The molecule has 0 bridgehead atoms. The second-order valence-electron chi connectivity index (χ2n) is 12.9. The van der Waals surface area contributed by atoms with Crippen LogP contribution in [-0.2, 0) is 4.79 Å². The molecule has 5 amide bonds. The molecule has 1 fully saturated rings. The largest absolute Gasteiger partial charge is 0.331 e. The molecule has 9 nitrogen and oxygen atoms in total. The standard InChI is InChI=1S/C39H41N5O4/c1-25-22-26(2)35(27(3)23-25)31-10-6-7-11-32(31)36(45)40-30-16-14-29(15-17-30)38(47)43-24-28(4)37(46)44(34-13-9-8-12-33(34)43)39(48)42-20-18-41(5)19-21-42/h6-17,22-23,28H,18-21,24H2,1-5H3,(H,40,45). The molecule has 4 aromatic rings. The highest BCUT2D eigenvalue weighted by atomic mass is 16.2. The molecular formula is C39H41N5O4. The fourth-order valence-corrected chi connectivity index (χ4v) is 6.75. The second kappa shape index (κ2) is 13.4. The fourth-order valence-electron chi connectivity index (χ4n) is 6.75. The number of anilines is 3. The summed E-state index contributed by atoms with van der Waals surface area (Å²) in [6.45, 7) is 10.5. The summed E-state index contributed by atoms with van der Waals surface area (Å²) in [7, 11) is 2.01. The lowest BCUT2D eigenvalue weighted by atomic mass is 9.90. The van der Waals surface area contributed by atoms with Crippen LogP contribution in [0.2, 0.25) is 0 Å². The molecule has 1 N–H and O–H groups in total. The highest BCUT2D eigenvalue weighted by molar-refractivity contribution is 6.20. The first-order valence-corrected chi connectivity index (χ1v) is 16.3. The minimum absolute atomic E-state index is 0.119. The summed E-state index contributed by atoms with van der Waals surface area (Å²) in [6, 6.07) is 25.3. The number of fused-ring (bicyclic) bond motifs is 1. The van der Waals surface area contributed by atoms with Crippen LogP contribution in [0.4, 0.5) is 21.9 Å². The number of benzene rings is 4. The highest BCUT2D eigenvalue weighted by Gasteiger charge is 2.39. The Labute approximate surface area is 281 Å². The maximum atomic E-state index is 14.0.